The Balaban J connectivity index is 1.78. The molecule has 0 aliphatic carbocycles. The summed E-state index contributed by atoms with van der Waals surface area (Å²) in [5.41, 5.74) is 4.10. The molecule has 11 nitrogen and oxygen atoms in total. The molecule has 0 aliphatic rings. The maximum Gasteiger partial charge on any atom is 0.513 e. The van der Waals surface area contributed by atoms with Crippen molar-refractivity contribution < 1.29 is 37.0 Å². The van der Waals surface area contributed by atoms with Crippen LogP contribution in [0.1, 0.15) is 11.1 Å². The highest BCUT2D eigenvalue weighted by atomic mass is 32.2. The van der Waals surface area contributed by atoms with Crippen LogP contribution in [0.5, 0.6) is 17.2 Å². The Labute approximate surface area is 220 Å². The molecule has 3 rings (SSSR count). The zero-order chi connectivity index (χ0) is 27.7. The van der Waals surface area contributed by atoms with Gasteiger partial charge >= 0.3 is 6.16 Å². The van der Waals surface area contributed by atoms with Crippen LogP contribution in [0.15, 0.2) is 76.7 Å². The molecule has 12 heteroatoms. The molecule has 0 atom stereocenters. The second-order valence-electron chi connectivity index (χ2n) is 7.78. The van der Waals surface area contributed by atoms with Crippen LogP contribution < -0.4 is 23.9 Å². The summed E-state index contributed by atoms with van der Waals surface area (Å²) < 4.78 is 47.7. The Morgan fingerprint density at radius 3 is 2.21 bits per heavy atom. The third-order valence-electron chi connectivity index (χ3n) is 5.21. The molecule has 1 amide bonds. The number of amides is 1. The van der Waals surface area contributed by atoms with Gasteiger partial charge in [0.25, 0.3) is 15.9 Å². The van der Waals surface area contributed by atoms with E-state index in [1.807, 2.05) is 6.92 Å². The molecule has 0 saturated heterocycles. The van der Waals surface area contributed by atoms with E-state index in [9.17, 15) is 18.0 Å². The average molecular weight is 542 g/mol. The van der Waals surface area contributed by atoms with Crippen molar-refractivity contribution in [3.05, 3.63) is 77.9 Å². The van der Waals surface area contributed by atoms with Crippen molar-refractivity contribution in [2.45, 2.75) is 11.8 Å². The Hall–Kier alpha value is -4.58. The van der Waals surface area contributed by atoms with E-state index in [0.717, 1.165) is 9.87 Å². The lowest BCUT2D eigenvalue weighted by Crippen LogP contribution is -2.39. The number of carbonyl (C=O) groups is 2. The van der Waals surface area contributed by atoms with Crippen LogP contribution in [-0.2, 0) is 19.6 Å². The van der Waals surface area contributed by atoms with E-state index >= 15 is 0 Å². The van der Waals surface area contributed by atoms with Gasteiger partial charge in [0.15, 0.2) is 11.5 Å². The first-order valence-electron chi connectivity index (χ1n) is 11.2. The number of hydrogen-bond acceptors (Lipinski definition) is 9. The van der Waals surface area contributed by atoms with Crippen LogP contribution in [0.25, 0.3) is 0 Å². The molecule has 3 aromatic rings. The highest BCUT2D eigenvalue weighted by Crippen LogP contribution is 2.28. The number of carbonyl (C=O) groups excluding carboxylic acids is 2. The highest BCUT2D eigenvalue weighted by Gasteiger charge is 2.27. The van der Waals surface area contributed by atoms with Crippen LogP contribution in [0.2, 0.25) is 0 Å². The Kier molecular flexibility index (Phi) is 9.28. The van der Waals surface area contributed by atoms with Crippen LogP contribution in [0, 0.1) is 6.92 Å². The van der Waals surface area contributed by atoms with Gasteiger partial charge in [-0.05, 0) is 67.1 Å². The average Bonchev–Trinajstić information content (AvgIpc) is 2.92. The fraction of sp³-hybridized carbons (Fsp3) is 0.192. The van der Waals surface area contributed by atoms with Gasteiger partial charge in [-0.25, -0.2) is 18.6 Å². The molecule has 0 aliphatic heterocycles. The number of anilines is 1. The van der Waals surface area contributed by atoms with Gasteiger partial charge in [0.1, 0.15) is 12.3 Å². The van der Waals surface area contributed by atoms with Crippen molar-refractivity contribution in [3.8, 4) is 17.2 Å². The van der Waals surface area contributed by atoms with Gasteiger partial charge in [0.05, 0.1) is 38.1 Å². The molecule has 0 heterocycles. The topological polar surface area (TPSA) is 133 Å². The van der Waals surface area contributed by atoms with Gasteiger partial charge in [-0.15, -0.1) is 0 Å². The minimum Gasteiger partial charge on any atom is -0.497 e. The molecule has 0 saturated carbocycles. The number of benzene rings is 3. The normalized spacial score (nSPS) is 11.1. The summed E-state index contributed by atoms with van der Waals surface area (Å²) in [5, 5.41) is 3.91. The first-order chi connectivity index (χ1) is 18.2. The number of rotatable bonds is 10. The summed E-state index contributed by atoms with van der Waals surface area (Å²) in [4.78, 5) is 24.1. The first-order valence-corrected chi connectivity index (χ1v) is 12.6. The number of sulfonamides is 1. The Bertz CT molecular complexity index is 1410. The van der Waals surface area contributed by atoms with E-state index in [-0.39, 0.29) is 16.4 Å². The lowest BCUT2D eigenvalue weighted by atomic mass is 10.2. The SMILES string of the molecule is COC(=O)Oc1ccc(/C=N/NC(=O)CN(c2ccc(C)cc2)S(=O)(=O)c2ccc(OC)cc2)cc1OC. The first kappa shape index (κ1) is 28.0. The highest BCUT2D eigenvalue weighted by molar-refractivity contribution is 7.92. The van der Waals surface area contributed by atoms with Crippen molar-refractivity contribution in [1.29, 1.82) is 0 Å². The summed E-state index contributed by atoms with van der Waals surface area (Å²) in [6.45, 7) is 1.35. The van der Waals surface area contributed by atoms with E-state index in [4.69, 9.17) is 14.2 Å². The molecule has 0 radical (unpaired) electrons. The van der Waals surface area contributed by atoms with Crippen LogP contribution in [-0.4, -0.2) is 54.6 Å². The van der Waals surface area contributed by atoms with Gasteiger partial charge in [-0.1, -0.05) is 17.7 Å². The summed E-state index contributed by atoms with van der Waals surface area (Å²) in [6, 6.07) is 17.2. The van der Waals surface area contributed by atoms with Crippen molar-refractivity contribution >= 4 is 34.0 Å². The molecule has 0 bridgehead atoms. The lowest BCUT2D eigenvalue weighted by Gasteiger charge is -2.24. The number of aryl methyl sites for hydroxylation is 1. The van der Waals surface area contributed by atoms with Gasteiger partial charge in [0, 0.05) is 0 Å². The van der Waals surface area contributed by atoms with Crippen molar-refractivity contribution in [2.24, 2.45) is 5.10 Å². The number of hydrazone groups is 1. The molecule has 1 N–H and O–H groups in total. The van der Waals surface area contributed by atoms with Crippen molar-refractivity contribution in [2.75, 3.05) is 32.2 Å². The number of hydrogen-bond donors (Lipinski definition) is 1. The Morgan fingerprint density at radius 1 is 0.921 bits per heavy atom. The minimum atomic E-state index is -4.09. The molecule has 38 heavy (non-hydrogen) atoms. The van der Waals surface area contributed by atoms with Gasteiger partial charge in [-0.2, -0.15) is 5.10 Å². The summed E-state index contributed by atoms with van der Waals surface area (Å²) in [6.07, 6.45) is 0.427. The van der Waals surface area contributed by atoms with Gasteiger partial charge < -0.3 is 18.9 Å². The van der Waals surface area contributed by atoms with Crippen LogP contribution in [0.4, 0.5) is 10.5 Å². The van der Waals surface area contributed by atoms with E-state index in [2.05, 4.69) is 15.3 Å². The predicted molar refractivity (Wildman–Crippen MR) is 140 cm³/mol. The molecule has 0 aromatic heterocycles. The van der Waals surface area contributed by atoms with E-state index in [0.29, 0.717) is 17.0 Å². The zero-order valence-electron chi connectivity index (χ0n) is 21.2. The van der Waals surface area contributed by atoms with E-state index in [1.54, 1.807) is 30.3 Å². The number of nitrogens with zero attached hydrogens (tertiary/aromatic N) is 2. The maximum absolute atomic E-state index is 13.5. The standard InChI is InChI=1S/C26H27N3O8S/c1-18-5-8-20(9-6-18)29(38(32,33)22-12-10-21(34-2)11-13-22)17-25(30)28-27-16-19-7-14-23(24(15-19)35-3)37-26(31)36-4/h5-16H,17H2,1-4H3,(H,28,30)/b27-16+. The third-order valence-corrected chi connectivity index (χ3v) is 7.00. The van der Waals surface area contributed by atoms with Crippen molar-refractivity contribution in [3.63, 3.8) is 0 Å². The smallest absolute Gasteiger partial charge is 0.497 e. The Morgan fingerprint density at radius 2 is 1.61 bits per heavy atom. The number of methoxy groups -OCH3 is 3. The summed E-state index contributed by atoms with van der Waals surface area (Å²) >= 11 is 0. The fourth-order valence-electron chi connectivity index (χ4n) is 3.23. The number of nitrogens with one attached hydrogen (secondary N) is 1. The van der Waals surface area contributed by atoms with Gasteiger partial charge in [-0.3, -0.25) is 9.10 Å². The molecule has 0 spiro atoms. The molecule has 0 fully saturated rings. The third kappa shape index (κ3) is 7.01. The zero-order valence-corrected chi connectivity index (χ0v) is 22.0. The second-order valence-corrected chi connectivity index (χ2v) is 9.64. The van der Waals surface area contributed by atoms with Crippen LogP contribution in [0.3, 0.4) is 0 Å². The summed E-state index contributed by atoms with van der Waals surface area (Å²) in [7, 11) is -0.0384. The van der Waals surface area contributed by atoms with E-state index in [1.165, 1.54) is 63.9 Å². The predicted octanol–water partition coefficient (Wildman–Crippen LogP) is 3.50. The summed E-state index contributed by atoms with van der Waals surface area (Å²) in [5.74, 6) is 0.204. The van der Waals surface area contributed by atoms with Crippen LogP contribution >= 0.6 is 0 Å². The maximum atomic E-state index is 13.5. The molecule has 3 aromatic carbocycles. The van der Waals surface area contributed by atoms with Gasteiger partial charge in [0.2, 0.25) is 0 Å². The number of ether oxygens (including phenoxy) is 4. The minimum absolute atomic E-state index is 0.00321. The van der Waals surface area contributed by atoms with E-state index < -0.39 is 28.6 Å². The quantitative estimate of drug-likeness (QED) is 0.178. The largest absolute Gasteiger partial charge is 0.513 e. The lowest BCUT2D eigenvalue weighted by molar-refractivity contribution is -0.119. The molecular weight excluding hydrogens is 514 g/mol. The fourth-order valence-corrected chi connectivity index (χ4v) is 4.65. The monoisotopic (exact) mass is 541 g/mol. The molecule has 200 valence electrons. The molecule has 0 unspecified atom stereocenters. The second kappa shape index (κ2) is 12.6. The van der Waals surface area contributed by atoms with Crippen molar-refractivity contribution in [1.82, 2.24) is 5.43 Å². The molecular formula is C26H27N3O8S.